The maximum Gasteiger partial charge on any atom is 0.213 e. The van der Waals surface area contributed by atoms with Gasteiger partial charge >= 0.3 is 0 Å². The Bertz CT molecular complexity index is 378. The first-order valence-corrected chi connectivity index (χ1v) is 7.71. The van der Waals surface area contributed by atoms with Crippen molar-refractivity contribution in [3.8, 4) is 5.88 Å². The molecule has 1 saturated carbocycles. The minimum absolute atomic E-state index is 0.517. The smallest absolute Gasteiger partial charge is 0.213 e. The normalized spacial score (nSPS) is 16.2. The summed E-state index contributed by atoms with van der Waals surface area (Å²) in [7, 11) is 1.64. The lowest BCUT2D eigenvalue weighted by molar-refractivity contribution is 0.0273. The van der Waals surface area contributed by atoms with Crippen molar-refractivity contribution in [3.05, 3.63) is 23.9 Å². The first-order valence-electron chi connectivity index (χ1n) is 7.71. The molecular weight excluding hydrogens is 252 g/mol. The second kappa shape index (κ2) is 8.93. The van der Waals surface area contributed by atoms with Gasteiger partial charge in [-0.15, -0.1) is 0 Å². The molecule has 1 N–H and O–H groups in total. The van der Waals surface area contributed by atoms with E-state index in [1.165, 1.54) is 32.1 Å². The van der Waals surface area contributed by atoms with Crippen molar-refractivity contribution >= 4 is 0 Å². The van der Waals surface area contributed by atoms with Gasteiger partial charge in [0, 0.05) is 19.2 Å². The number of methoxy groups -OCH3 is 1. The molecule has 1 fully saturated rings. The van der Waals surface area contributed by atoms with Crippen LogP contribution in [0.1, 0.15) is 44.2 Å². The quantitative estimate of drug-likeness (QED) is 0.743. The molecule has 0 bridgehead atoms. The summed E-state index contributed by atoms with van der Waals surface area (Å²) >= 11 is 0. The van der Waals surface area contributed by atoms with Gasteiger partial charge in [0.15, 0.2) is 0 Å². The fraction of sp³-hybridized carbons (Fsp3) is 0.688. The Morgan fingerprint density at radius 1 is 1.25 bits per heavy atom. The van der Waals surface area contributed by atoms with Crippen LogP contribution in [0.25, 0.3) is 0 Å². The number of hydrogen-bond donors (Lipinski definition) is 1. The average molecular weight is 278 g/mol. The van der Waals surface area contributed by atoms with E-state index in [0.717, 1.165) is 31.8 Å². The van der Waals surface area contributed by atoms with E-state index in [0.29, 0.717) is 12.0 Å². The first-order chi connectivity index (χ1) is 9.88. The summed E-state index contributed by atoms with van der Waals surface area (Å²) in [5, 5.41) is 3.39. The van der Waals surface area contributed by atoms with Gasteiger partial charge in [0.1, 0.15) is 0 Å². The van der Waals surface area contributed by atoms with Crippen molar-refractivity contribution < 1.29 is 9.47 Å². The zero-order valence-electron chi connectivity index (χ0n) is 12.4. The van der Waals surface area contributed by atoms with Crippen LogP contribution in [-0.4, -0.2) is 31.3 Å². The molecule has 0 amide bonds. The molecular formula is C16H26N2O2. The molecule has 1 heterocycles. The van der Waals surface area contributed by atoms with Gasteiger partial charge in [-0.2, -0.15) is 0 Å². The highest BCUT2D eigenvalue weighted by molar-refractivity contribution is 5.15. The Kier molecular flexibility index (Phi) is 6.81. The summed E-state index contributed by atoms with van der Waals surface area (Å²) in [6.07, 6.45) is 8.14. The summed E-state index contributed by atoms with van der Waals surface area (Å²) in [4.78, 5) is 4.37. The Morgan fingerprint density at radius 2 is 2.10 bits per heavy atom. The van der Waals surface area contributed by atoms with Gasteiger partial charge in [-0.3, -0.25) is 0 Å². The molecule has 1 aliphatic rings. The van der Waals surface area contributed by atoms with Gasteiger partial charge in [0.05, 0.1) is 18.9 Å². The number of ether oxygens (including phenoxy) is 2. The monoisotopic (exact) mass is 278 g/mol. The van der Waals surface area contributed by atoms with Crippen molar-refractivity contribution in [3.63, 3.8) is 0 Å². The Hall–Kier alpha value is -1.13. The van der Waals surface area contributed by atoms with Crippen molar-refractivity contribution in [2.24, 2.45) is 0 Å². The topological polar surface area (TPSA) is 43.4 Å². The lowest BCUT2D eigenvalue weighted by Gasteiger charge is -2.21. The molecule has 0 aromatic carbocycles. The highest BCUT2D eigenvalue weighted by Crippen LogP contribution is 2.20. The SMILES string of the molecule is COc1cccc(CNCCCOC2CCCCC2)n1. The standard InChI is InChI=1S/C16H26N2O2/c1-19-16-10-5-7-14(18-16)13-17-11-6-12-20-15-8-3-2-4-9-15/h5,7,10,15,17H,2-4,6,8-9,11-13H2,1H3. The second-order valence-electron chi connectivity index (χ2n) is 5.33. The number of hydrogen-bond acceptors (Lipinski definition) is 4. The fourth-order valence-electron chi connectivity index (χ4n) is 2.57. The molecule has 20 heavy (non-hydrogen) atoms. The molecule has 1 aliphatic carbocycles. The third-order valence-electron chi connectivity index (χ3n) is 3.70. The van der Waals surface area contributed by atoms with E-state index < -0.39 is 0 Å². The minimum Gasteiger partial charge on any atom is -0.481 e. The fourth-order valence-corrected chi connectivity index (χ4v) is 2.57. The van der Waals surface area contributed by atoms with Crippen LogP contribution in [0.4, 0.5) is 0 Å². The number of rotatable bonds is 8. The Labute approximate surface area is 121 Å². The maximum atomic E-state index is 5.90. The van der Waals surface area contributed by atoms with Gasteiger partial charge in [-0.05, 0) is 31.9 Å². The molecule has 1 aromatic rings. The number of aromatic nitrogens is 1. The third-order valence-corrected chi connectivity index (χ3v) is 3.70. The number of pyridine rings is 1. The van der Waals surface area contributed by atoms with E-state index in [-0.39, 0.29) is 0 Å². The summed E-state index contributed by atoms with van der Waals surface area (Å²) in [5.74, 6) is 0.671. The van der Waals surface area contributed by atoms with E-state index in [4.69, 9.17) is 9.47 Å². The largest absolute Gasteiger partial charge is 0.481 e. The van der Waals surface area contributed by atoms with Crippen LogP contribution >= 0.6 is 0 Å². The number of nitrogens with zero attached hydrogens (tertiary/aromatic N) is 1. The summed E-state index contributed by atoms with van der Waals surface area (Å²) in [6.45, 7) is 2.61. The van der Waals surface area contributed by atoms with E-state index in [1.807, 2.05) is 18.2 Å². The highest BCUT2D eigenvalue weighted by atomic mass is 16.5. The molecule has 0 atom stereocenters. The summed E-state index contributed by atoms with van der Waals surface area (Å²) < 4.78 is 11.0. The van der Waals surface area contributed by atoms with Crippen LogP contribution in [0, 0.1) is 0 Å². The molecule has 0 saturated heterocycles. The van der Waals surface area contributed by atoms with Gasteiger partial charge in [0.2, 0.25) is 5.88 Å². The lowest BCUT2D eigenvalue weighted by atomic mass is 9.98. The molecule has 112 valence electrons. The Morgan fingerprint density at radius 3 is 2.90 bits per heavy atom. The zero-order chi connectivity index (χ0) is 14.0. The third kappa shape index (κ3) is 5.47. The second-order valence-corrected chi connectivity index (χ2v) is 5.33. The van der Waals surface area contributed by atoms with Gasteiger partial charge in [0.25, 0.3) is 0 Å². The van der Waals surface area contributed by atoms with Crippen molar-refractivity contribution in [2.75, 3.05) is 20.3 Å². The van der Waals surface area contributed by atoms with E-state index in [2.05, 4.69) is 10.3 Å². The first kappa shape index (κ1) is 15.3. The predicted octanol–water partition coefficient (Wildman–Crippen LogP) is 2.92. The molecule has 0 radical (unpaired) electrons. The molecule has 0 aliphatic heterocycles. The molecule has 2 rings (SSSR count). The van der Waals surface area contributed by atoms with Gasteiger partial charge < -0.3 is 14.8 Å². The van der Waals surface area contributed by atoms with Gasteiger partial charge in [-0.1, -0.05) is 25.3 Å². The van der Waals surface area contributed by atoms with Crippen molar-refractivity contribution in [1.82, 2.24) is 10.3 Å². The zero-order valence-corrected chi connectivity index (χ0v) is 12.4. The lowest BCUT2D eigenvalue weighted by Crippen LogP contribution is -2.21. The van der Waals surface area contributed by atoms with Crippen molar-refractivity contribution in [2.45, 2.75) is 51.2 Å². The molecule has 0 unspecified atom stereocenters. The summed E-state index contributed by atoms with van der Waals surface area (Å²) in [6, 6.07) is 5.84. The van der Waals surface area contributed by atoms with Crippen LogP contribution in [0.5, 0.6) is 5.88 Å². The molecule has 4 nitrogen and oxygen atoms in total. The van der Waals surface area contributed by atoms with Crippen LogP contribution in [0.3, 0.4) is 0 Å². The average Bonchev–Trinajstić information content (AvgIpc) is 2.52. The molecule has 1 aromatic heterocycles. The van der Waals surface area contributed by atoms with Crippen LogP contribution in [-0.2, 0) is 11.3 Å². The molecule has 4 heteroatoms. The highest BCUT2D eigenvalue weighted by Gasteiger charge is 2.12. The van der Waals surface area contributed by atoms with Crippen LogP contribution in [0.15, 0.2) is 18.2 Å². The maximum absolute atomic E-state index is 5.90. The molecule has 0 spiro atoms. The van der Waals surface area contributed by atoms with E-state index in [1.54, 1.807) is 7.11 Å². The number of nitrogens with one attached hydrogen (secondary N) is 1. The van der Waals surface area contributed by atoms with E-state index in [9.17, 15) is 0 Å². The van der Waals surface area contributed by atoms with Crippen LogP contribution in [0.2, 0.25) is 0 Å². The Balaban J connectivity index is 1.52. The minimum atomic E-state index is 0.517. The van der Waals surface area contributed by atoms with Gasteiger partial charge in [-0.25, -0.2) is 4.98 Å². The summed E-state index contributed by atoms with van der Waals surface area (Å²) in [5.41, 5.74) is 1.01. The van der Waals surface area contributed by atoms with E-state index >= 15 is 0 Å². The predicted molar refractivity (Wildman–Crippen MR) is 79.9 cm³/mol. The van der Waals surface area contributed by atoms with Crippen LogP contribution < -0.4 is 10.1 Å². The van der Waals surface area contributed by atoms with Crippen molar-refractivity contribution in [1.29, 1.82) is 0 Å².